The maximum Gasteiger partial charge on any atom is 0.227 e. The summed E-state index contributed by atoms with van der Waals surface area (Å²) in [5, 5.41) is 12.0. The summed E-state index contributed by atoms with van der Waals surface area (Å²) in [6.45, 7) is 4.82. The van der Waals surface area contributed by atoms with Gasteiger partial charge in [0, 0.05) is 24.9 Å². The van der Waals surface area contributed by atoms with E-state index in [9.17, 15) is 4.79 Å². The first kappa shape index (κ1) is 18.9. The summed E-state index contributed by atoms with van der Waals surface area (Å²) in [4.78, 5) is 14.0. The second-order valence-corrected chi connectivity index (χ2v) is 6.84. The Kier molecular flexibility index (Phi) is 5.65. The topological polar surface area (TPSA) is 73.1 Å². The Balaban J connectivity index is 1.40. The van der Waals surface area contributed by atoms with Gasteiger partial charge in [0.1, 0.15) is 5.75 Å². The number of fused-ring (bicyclic) bond motifs is 1. The van der Waals surface area contributed by atoms with Gasteiger partial charge >= 0.3 is 0 Å². The molecule has 7 heteroatoms. The summed E-state index contributed by atoms with van der Waals surface area (Å²) in [6.07, 6.45) is 4.43. The van der Waals surface area contributed by atoms with Crippen molar-refractivity contribution in [3.05, 3.63) is 72.6 Å². The van der Waals surface area contributed by atoms with Crippen LogP contribution in [0.25, 0.3) is 5.69 Å². The van der Waals surface area contributed by atoms with Gasteiger partial charge in [-0.05, 0) is 47.5 Å². The van der Waals surface area contributed by atoms with Gasteiger partial charge in [-0.2, -0.15) is 4.68 Å². The molecule has 0 saturated carbocycles. The molecule has 29 heavy (non-hydrogen) atoms. The molecule has 1 amide bonds. The third-order valence-corrected chi connectivity index (χ3v) is 4.94. The molecule has 0 atom stereocenters. The van der Waals surface area contributed by atoms with E-state index in [1.165, 1.54) is 0 Å². The highest BCUT2D eigenvalue weighted by Crippen LogP contribution is 2.34. The summed E-state index contributed by atoms with van der Waals surface area (Å²) in [6, 6.07) is 15.7. The Morgan fingerprint density at radius 1 is 1.10 bits per heavy atom. The zero-order valence-electron chi connectivity index (χ0n) is 16.2. The average molecular weight is 389 g/mol. The van der Waals surface area contributed by atoms with Crippen molar-refractivity contribution in [1.29, 1.82) is 0 Å². The van der Waals surface area contributed by atoms with Gasteiger partial charge in [0.25, 0.3) is 0 Å². The van der Waals surface area contributed by atoms with Gasteiger partial charge in [0.15, 0.2) is 5.82 Å². The molecule has 1 aliphatic heterocycles. The third kappa shape index (κ3) is 4.03. The number of benzene rings is 2. The van der Waals surface area contributed by atoms with Crippen LogP contribution in [0.1, 0.15) is 24.2 Å². The molecule has 148 valence electrons. The molecule has 1 aliphatic rings. The lowest BCUT2D eigenvalue weighted by molar-refractivity contribution is -0.118. The molecular formula is C22H23N5O2. The van der Waals surface area contributed by atoms with Gasteiger partial charge in [0.2, 0.25) is 5.91 Å². The zero-order chi connectivity index (χ0) is 20.1. The van der Waals surface area contributed by atoms with E-state index in [0.717, 1.165) is 34.9 Å². The molecule has 2 heterocycles. The van der Waals surface area contributed by atoms with E-state index in [2.05, 4.69) is 22.1 Å². The van der Waals surface area contributed by atoms with Crippen LogP contribution in [0, 0.1) is 0 Å². The highest BCUT2D eigenvalue weighted by Gasteiger charge is 2.25. The minimum Gasteiger partial charge on any atom is -0.493 e. The fraction of sp³-hybridized carbons (Fsp3) is 0.273. The fourth-order valence-corrected chi connectivity index (χ4v) is 3.57. The quantitative estimate of drug-likeness (QED) is 0.437. The van der Waals surface area contributed by atoms with Gasteiger partial charge in [-0.3, -0.25) is 4.79 Å². The Bertz CT molecular complexity index is 999. The van der Waals surface area contributed by atoms with E-state index in [0.29, 0.717) is 32.4 Å². The number of hydrogen-bond acceptors (Lipinski definition) is 5. The summed E-state index contributed by atoms with van der Waals surface area (Å²) in [7, 11) is 0. The molecule has 0 saturated heterocycles. The van der Waals surface area contributed by atoms with E-state index in [4.69, 9.17) is 4.74 Å². The van der Waals surface area contributed by atoms with Crippen LogP contribution in [0.5, 0.6) is 5.75 Å². The molecule has 0 spiro atoms. The normalized spacial score (nSPS) is 13.2. The zero-order valence-corrected chi connectivity index (χ0v) is 16.2. The number of hydrogen-bond donors (Lipinski definition) is 0. The summed E-state index contributed by atoms with van der Waals surface area (Å²) in [5.74, 6) is 1.77. The van der Waals surface area contributed by atoms with Crippen molar-refractivity contribution < 1.29 is 9.53 Å². The van der Waals surface area contributed by atoms with Crippen LogP contribution >= 0.6 is 0 Å². The SMILES string of the molecule is C=CCN1C(=O)CCc2c(OCCCc3nnnn3-c3ccccc3)cccc21. The number of anilines is 1. The second kappa shape index (κ2) is 8.68. The molecule has 0 N–H and O–H groups in total. The number of tetrazole rings is 1. The van der Waals surface area contributed by atoms with Crippen LogP contribution in [-0.4, -0.2) is 39.3 Å². The number of para-hydroxylation sites is 1. The minimum absolute atomic E-state index is 0.127. The van der Waals surface area contributed by atoms with Crippen molar-refractivity contribution in [2.75, 3.05) is 18.1 Å². The van der Waals surface area contributed by atoms with Crippen LogP contribution in [0.4, 0.5) is 5.69 Å². The summed E-state index contributed by atoms with van der Waals surface area (Å²) in [5.41, 5.74) is 2.95. The van der Waals surface area contributed by atoms with E-state index in [1.807, 2.05) is 48.5 Å². The Labute approximate surface area is 169 Å². The number of rotatable bonds is 8. The highest BCUT2D eigenvalue weighted by molar-refractivity contribution is 5.97. The molecule has 2 aromatic carbocycles. The fourth-order valence-electron chi connectivity index (χ4n) is 3.57. The predicted octanol–water partition coefficient (Wildman–Crippen LogP) is 3.14. The van der Waals surface area contributed by atoms with Crippen LogP contribution in [-0.2, 0) is 17.6 Å². The largest absolute Gasteiger partial charge is 0.493 e. The number of carbonyl (C=O) groups excluding carboxylic acids is 1. The molecule has 3 aromatic rings. The van der Waals surface area contributed by atoms with Gasteiger partial charge in [-0.25, -0.2) is 0 Å². The smallest absolute Gasteiger partial charge is 0.227 e. The second-order valence-electron chi connectivity index (χ2n) is 6.84. The standard InChI is InChI=1S/C22H23N5O2/c1-2-15-26-19-10-6-11-20(18(19)13-14-22(26)28)29-16-7-12-21-23-24-25-27(21)17-8-4-3-5-9-17/h2-6,8-11H,1,7,12-16H2. The Morgan fingerprint density at radius 3 is 2.79 bits per heavy atom. The molecular weight excluding hydrogens is 366 g/mol. The number of aryl methyl sites for hydroxylation is 1. The molecule has 0 unspecified atom stereocenters. The maximum absolute atomic E-state index is 12.2. The van der Waals surface area contributed by atoms with Gasteiger partial charge in [-0.1, -0.05) is 30.3 Å². The van der Waals surface area contributed by atoms with E-state index in [1.54, 1.807) is 15.7 Å². The van der Waals surface area contributed by atoms with Crippen LogP contribution in [0.2, 0.25) is 0 Å². The first-order valence-corrected chi connectivity index (χ1v) is 9.76. The molecule has 7 nitrogen and oxygen atoms in total. The van der Waals surface area contributed by atoms with Gasteiger partial charge in [-0.15, -0.1) is 11.7 Å². The first-order chi connectivity index (χ1) is 14.3. The Hall–Kier alpha value is -3.48. The van der Waals surface area contributed by atoms with Crippen molar-refractivity contribution in [3.8, 4) is 11.4 Å². The van der Waals surface area contributed by atoms with E-state index < -0.39 is 0 Å². The minimum atomic E-state index is 0.127. The van der Waals surface area contributed by atoms with Crippen molar-refractivity contribution in [1.82, 2.24) is 20.2 Å². The Morgan fingerprint density at radius 2 is 1.97 bits per heavy atom. The van der Waals surface area contributed by atoms with Crippen molar-refractivity contribution in [3.63, 3.8) is 0 Å². The molecule has 0 aliphatic carbocycles. The van der Waals surface area contributed by atoms with E-state index >= 15 is 0 Å². The first-order valence-electron chi connectivity index (χ1n) is 9.76. The molecule has 4 rings (SSSR count). The van der Waals surface area contributed by atoms with Crippen LogP contribution in [0.15, 0.2) is 61.2 Å². The number of carbonyl (C=O) groups is 1. The lowest BCUT2D eigenvalue weighted by atomic mass is 10.00. The van der Waals surface area contributed by atoms with E-state index in [-0.39, 0.29) is 5.91 Å². The van der Waals surface area contributed by atoms with Crippen molar-refractivity contribution in [2.45, 2.75) is 25.7 Å². The summed E-state index contributed by atoms with van der Waals surface area (Å²) >= 11 is 0. The molecule has 0 radical (unpaired) electrons. The van der Waals surface area contributed by atoms with Crippen LogP contribution in [0.3, 0.4) is 0 Å². The monoisotopic (exact) mass is 389 g/mol. The average Bonchev–Trinajstić information content (AvgIpc) is 3.22. The van der Waals surface area contributed by atoms with Crippen LogP contribution < -0.4 is 9.64 Å². The highest BCUT2D eigenvalue weighted by atomic mass is 16.5. The number of aromatic nitrogens is 4. The molecule has 0 fully saturated rings. The maximum atomic E-state index is 12.2. The summed E-state index contributed by atoms with van der Waals surface area (Å²) < 4.78 is 7.82. The number of nitrogens with zero attached hydrogens (tertiary/aromatic N) is 5. The van der Waals surface area contributed by atoms with Crippen molar-refractivity contribution in [2.24, 2.45) is 0 Å². The number of ether oxygens (including phenoxy) is 1. The molecule has 1 aromatic heterocycles. The lowest BCUT2D eigenvalue weighted by Gasteiger charge is -2.29. The van der Waals surface area contributed by atoms with Gasteiger partial charge in [0.05, 0.1) is 18.0 Å². The lowest BCUT2D eigenvalue weighted by Crippen LogP contribution is -2.35. The molecule has 0 bridgehead atoms. The van der Waals surface area contributed by atoms with Crippen molar-refractivity contribution >= 4 is 11.6 Å². The number of amides is 1. The third-order valence-electron chi connectivity index (χ3n) is 4.94. The van der Waals surface area contributed by atoms with Gasteiger partial charge < -0.3 is 9.64 Å². The predicted molar refractivity (Wildman–Crippen MR) is 110 cm³/mol.